The van der Waals surface area contributed by atoms with Crippen LogP contribution in [0.3, 0.4) is 0 Å². The van der Waals surface area contributed by atoms with E-state index < -0.39 is 15.6 Å². The smallest absolute Gasteiger partial charge is 0.410 e. The first kappa shape index (κ1) is 26.6. The normalized spacial score (nSPS) is 17.0. The molecule has 8 nitrogen and oxygen atoms in total. The molecule has 1 saturated heterocycles. The zero-order valence-corrected chi connectivity index (χ0v) is 23.1. The number of carbonyl (C=O) groups is 1. The Kier molecular flexibility index (Phi) is 7.00. The lowest BCUT2D eigenvalue weighted by atomic mass is 10.0. The Morgan fingerprint density at radius 3 is 2.49 bits per heavy atom. The number of sulfonamides is 1. The molecule has 0 atom stereocenters. The van der Waals surface area contributed by atoms with Crippen LogP contribution in [0.25, 0.3) is 16.8 Å². The van der Waals surface area contributed by atoms with Crippen LogP contribution in [0.15, 0.2) is 60.0 Å². The van der Waals surface area contributed by atoms with Crippen molar-refractivity contribution in [3.8, 4) is 11.8 Å². The summed E-state index contributed by atoms with van der Waals surface area (Å²) in [6.07, 6.45) is 2.60. The van der Waals surface area contributed by atoms with Crippen LogP contribution in [-0.4, -0.2) is 44.2 Å². The fraction of sp³-hybridized carbons (Fsp3) is 0.333. The van der Waals surface area contributed by atoms with Crippen molar-refractivity contribution in [3.63, 3.8) is 0 Å². The number of anilines is 1. The van der Waals surface area contributed by atoms with Gasteiger partial charge in [-0.15, -0.1) is 0 Å². The fourth-order valence-electron chi connectivity index (χ4n) is 4.82. The Bertz CT molecular complexity index is 1590. The molecule has 3 aromatic carbocycles. The fourth-order valence-corrected chi connectivity index (χ4v) is 6.05. The van der Waals surface area contributed by atoms with Gasteiger partial charge in [0.25, 0.3) is 10.0 Å². The molecule has 9 heteroatoms. The number of nitriles is 1. The number of piperidine rings is 1. The number of rotatable bonds is 4. The van der Waals surface area contributed by atoms with E-state index in [0.717, 1.165) is 21.9 Å². The summed E-state index contributed by atoms with van der Waals surface area (Å²) in [5, 5.41) is 12.3. The lowest BCUT2D eigenvalue weighted by Crippen LogP contribution is -2.44. The molecule has 0 N–H and O–H groups in total. The number of amides is 1. The largest absolute Gasteiger partial charge is 0.490 e. The molecule has 3 aromatic rings. The topological polar surface area (TPSA) is 99.9 Å². The van der Waals surface area contributed by atoms with Crippen molar-refractivity contribution in [1.29, 1.82) is 5.26 Å². The highest BCUT2D eigenvalue weighted by Gasteiger charge is 2.29. The Morgan fingerprint density at radius 1 is 1.03 bits per heavy atom. The number of ether oxygens (including phenoxy) is 2. The molecule has 1 fully saturated rings. The molecule has 0 spiro atoms. The molecule has 2 aliphatic rings. The van der Waals surface area contributed by atoms with Gasteiger partial charge in [0, 0.05) is 31.5 Å². The van der Waals surface area contributed by atoms with Gasteiger partial charge in [-0.2, -0.15) is 5.26 Å². The van der Waals surface area contributed by atoms with Crippen LogP contribution < -0.4 is 9.04 Å². The quantitative estimate of drug-likeness (QED) is 0.410. The van der Waals surface area contributed by atoms with Gasteiger partial charge in [0.1, 0.15) is 17.5 Å². The Balaban J connectivity index is 1.29. The third-order valence-corrected chi connectivity index (χ3v) is 8.17. The maximum atomic E-state index is 13.0. The molecular formula is C30H31N3O5S. The molecule has 2 aliphatic heterocycles. The number of hydrogen-bond donors (Lipinski definition) is 0. The third kappa shape index (κ3) is 6.02. The minimum atomic E-state index is -3.66. The first-order chi connectivity index (χ1) is 18.5. The average Bonchev–Trinajstić information content (AvgIpc) is 2.89. The number of nitrogens with zero attached hydrogens (tertiary/aromatic N) is 3. The van der Waals surface area contributed by atoms with Gasteiger partial charge < -0.3 is 14.4 Å². The third-order valence-electron chi connectivity index (χ3n) is 6.75. The molecule has 0 radical (unpaired) electrons. The van der Waals surface area contributed by atoms with Gasteiger partial charge >= 0.3 is 6.09 Å². The minimum absolute atomic E-state index is 0.0509. The van der Waals surface area contributed by atoms with E-state index >= 15 is 0 Å². The maximum absolute atomic E-state index is 13.0. The summed E-state index contributed by atoms with van der Waals surface area (Å²) in [6, 6.07) is 18.8. The summed E-state index contributed by atoms with van der Waals surface area (Å²) >= 11 is 0. The van der Waals surface area contributed by atoms with E-state index in [1.807, 2.05) is 51.1 Å². The van der Waals surface area contributed by atoms with E-state index in [-0.39, 0.29) is 18.7 Å². The zero-order chi connectivity index (χ0) is 27.8. The minimum Gasteiger partial charge on any atom is -0.490 e. The highest BCUT2D eigenvalue weighted by atomic mass is 32.2. The number of benzene rings is 3. The molecule has 5 rings (SSSR count). The summed E-state index contributed by atoms with van der Waals surface area (Å²) in [7, 11) is -3.66. The first-order valence-electron chi connectivity index (χ1n) is 12.9. The number of hydrogen-bond acceptors (Lipinski definition) is 6. The van der Waals surface area contributed by atoms with Crippen molar-refractivity contribution in [2.24, 2.45) is 0 Å². The van der Waals surface area contributed by atoms with Gasteiger partial charge in [-0.3, -0.25) is 4.31 Å². The van der Waals surface area contributed by atoms with Crippen LogP contribution >= 0.6 is 0 Å². The summed E-state index contributed by atoms with van der Waals surface area (Å²) in [4.78, 5) is 14.0. The Morgan fingerprint density at radius 2 is 1.77 bits per heavy atom. The highest BCUT2D eigenvalue weighted by molar-refractivity contribution is 7.95. The molecule has 39 heavy (non-hydrogen) atoms. The summed E-state index contributed by atoms with van der Waals surface area (Å²) in [5.74, 6) is 0.656. The van der Waals surface area contributed by atoms with E-state index in [4.69, 9.17) is 9.47 Å². The zero-order valence-electron chi connectivity index (χ0n) is 22.3. The Hall–Kier alpha value is -4.03. The van der Waals surface area contributed by atoms with Gasteiger partial charge in [0.05, 0.1) is 29.3 Å². The highest BCUT2D eigenvalue weighted by Crippen LogP contribution is 2.35. The number of fused-ring (bicyclic) bond motifs is 2. The first-order valence-corrected chi connectivity index (χ1v) is 14.4. The second-order valence-electron chi connectivity index (χ2n) is 10.9. The van der Waals surface area contributed by atoms with Crippen molar-refractivity contribution in [2.75, 3.05) is 17.4 Å². The predicted molar refractivity (Wildman–Crippen MR) is 151 cm³/mol. The van der Waals surface area contributed by atoms with Crippen molar-refractivity contribution < 1.29 is 22.7 Å². The number of carbonyl (C=O) groups excluding carboxylic acids is 1. The van der Waals surface area contributed by atoms with Gasteiger partial charge in [-0.05, 0) is 79.6 Å². The lowest BCUT2D eigenvalue weighted by molar-refractivity contribution is 0.0126. The molecule has 0 unspecified atom stereocenters. The second kappa shape index (κ2) is 10.3. The van der Waals surface area contributed by atoms with Crippen LogP contribution in [-0.2, 0) is 21.3 Å². The van der Waals surface area contributed by atoms with Crippen LogP contribution in [0.2, 0.25) is 0 Å². The van der Waals surface area contributed by atoms with Crippen LogP contribution in [0, 0.1) is 11.3 Å². The molecule has 0 bridgehead atoms. The van der Waals surface area contributed by atoms with E-state index in [2.05, 4.69) is 6.07 Å². The molecule has 0 saturated carbocycles. The van der Waals surface area contributed by atoms with Crippen LogP contribution in [0.4, 0.5) is 10.5 Å². The predicted octanol–water partition coefficient (Wildman–Crippen LogP) is 5.81. The Labute approximate surface area is 229 Å². The van der Waals surface area contributed by atoms with E-state index in [1.54, 1.807) is 35.2 Å². The number of likely N-dealkylation sites (tertiary alicyclic amines) is 1. The van der Waals surface area contributed by atoms with Crippen molar-refractivity contribution in [2.45, 2.75) is 51.9 Å². The van der Waals surface area contributed by atoms with Gasteiger partial charge in [-0.25, -0.2) is 13.2 Å². The van der Waals surface area contributed by atoms with Crippen LogP contribution in [0.1, 0.15) is 50.3 Å². The molecule has 2 heterocycles. The molecule has 1 amide bonds. The van der Waals surface area contributed by atoms with E-state index in [0.29, 0.717) is 42.9 Å². The SMILES string of the molecule is CC(C)(C)OC(=O)N1CCC(Oc2ccc3c(c2)C=CS(=O)(=O)N3Cc2ccc3ccc(C#N)cc3c2)CC1. The summed E-state index contributed by atoms with van der Waals surface area (Å²) < 4.78 is 39.1. The standard InChI is InChI=1S/C30H31N3O5S/c1-30(2,3)38-29(34)32-13-10-26(11-14-32)37-27-8-9-28-24(18-27)12-15-39(35,36)33(28)20-22-5-7-23-6-4-21(19-31)16-25(23)17-22/h4-9,12,15-18,26H,10-11,13-14,20H2,1-3H3. The molecular weight excluding hydrogens is 514 g/mol. The maximum Gasteiger partial charge on any atom is 0.410 e. The van der Waals surface area contributed by atoms with Gasteiger partial charge in [-0.1, -0.05) is 18.2 Å². The van der Waals surface area contributed by atoms with E-state index in [1.165, 1.54) is 9.71 Å². The van der Waals surface area contributed by atoms with Gasteiger partial charge in [0.2, 0.25) is 0 Å². The average molecular weight is 546 g/mol. The lowest BCUT2D eigenvalue weighted by Gasteiger charge is -2.33. The van der Waals surface area contributed by atoms with Crippen molar-refractivity contribution in [3.05, 3.63) is 76.7 Å². The van der Waals surface area contributed by atoms with Crippen LogP contribution in [0.5, 0.6) is 5.75 Å². The molecule has 202 valence electrons. The molecule has 0 aromatic heterocycles. The second-order valence-corrected chi connectivity index (χ2v) is 12.6. The van der Waals surface area contributed by atoms with Gasteiger partial charge in [0.15, 0.2) is 0 Å². The molecule has 0 aliphatic carbocycles. The summed E-state index contributed by atoms with van der Waals surface area (Å²) in [5.41, 5.74) is 2.18. The van der Waals surface area contributed by atoms with Crippen molar-refractivity contribution >= 4 is 38.7 Å². The summed E-state index contributed by atoms with van der Waals surface area (Å²) in [6.45, 7) is 6.83. The van der Waals surface area contributed by atoms with E-state index in [9.17, 15) is 18.5 Å². The van der Waals surface area contributed by atoms with Crippen molar-refractivity contribution in [1.82, 2.24) is 4.90 Å². The monoisotopic (exact) mass is 545 g/mol.